The standard InChI is InChI=1S/C23H22N4O4S/c1-29-13-14-31-23-25-21(16-5-11-19(30-2)12-6-16)27(26-23)18-9-7-17(8-10-18)24-22(28)20-4-3-15-32-20/h3-12,15H,13-14H2,1-2H3,(H,24,28). The predicted octanol–water partition coefficient (Wildman–Crippen LogP) is 4.28. The van der Waals surface area contributed by atoms with Gasteiger partial charge in [0.25, 0.3) is 5.91 Å². The number of carbonyl (C=O) groups is 1. The van der Waals surface area contributed by atoms with Gasteiger partial charge in [-0.2, -0.15) is 4.98 Å². The van der Waals surface area contributed by atoms with Crippen LogP contribution in [0.3, 0.4) is 0 Å². The summed E-state index contributed by atoms with van der Waals surface area (Å²) in [6, 6.07) is 18.8. The Morgan fingerprint density at radius 3 is 2.47 bits per heavy atom. The highest BCUT2D eigenvalue weighted by molar-refractivity contribution is 7.12. The summed E-state index contributed by atoms with van der Waals surface area (Å²) in [6.45, 7) is 0.779. The van der Waals surface area contributed by atoms with E-state index in [2.05, 4.69) is 15.4 Å². The number of amides is 1. The van der Waals surface area contributed by atoms with Crippen molar-refractivity contribution in [2.24, 2.45) is 0 Å². The van der Waals surface area contributed by atoms with Gasteiger partial charge in [-0.05, 0) is 60.0 Å². The summed E-state index contributed by atoms with van der Waals surface area (Å²) in [4.78, 5) is 17.5. The first-order chi connectivity index (χ1) is 15.7. The minimum atomic E-state index is -0.138. The molecular weight excluding hydrogens is 428 g/mol. The number of anilines is 1. The second-order valence-corrected chi connectivity index (χ2v) is 7.63. The SMILES string of the molecule is COCCOc1nc(-c2ccc(OC)cc2)n(-c2ccc(NC(=O)c3cccs3)cc2)n1. The number of rotatable bonds is 9. The van der Waals surface area contributed by atoms with E-state index >= 15 is 0 Å². The van der Waals surface area contributed by atoms with Gasteiger partial charge in [0.2, 0.25) is 0 Å². The Morgan fingerprint density at radius 1 is 1.03 bits per heavy atom. The molecule has 9 heteroatoms. The van der Waals surface area contributed by atoms with E-state index < -0.39 is 0 Å². The van der Waals surface area contributed by atoms with Crippen LogP contribution < -0.4 is 14.8 Å². The fourth-order valence-corrected chi connectivity index (χ4v) is 3.58. The summed E-state index contributed by atoms with van der Waals surface area (Å²) in [5.74, 6) is 1.24. The topological polar surface area (TPSA) is 87.5 Å². The van der Waals surface area contributed by atoms with E-state index in [0.29, 0.717) is 29.6 Å². The zero-order valence-electron chi connectivity index (χ0n) is 17.6. The lowest BCUT2D eigenvalue weighted by atomic mass is 10.2. The summed E-state index contributed by atoms with van der Waals surface area (Å²) < 4.78 is 17.6. The molecule has 2 aromatic heterocycles. The maximum atomic E-state index is 12.3. The number of thiophene rings is 1. The van der Waals surface area contributed by atoms with Gasteiger partial charge in [-0.3, -0.25) is 4.79 Å². The zero-order chi connectivity index (χ0) is 22.3. The third-order valence-corrected chi connectivity index (χ3v) is 5.44. The van der Waals surface area contributed by atoms with E-state index in [9.17, 15) is 4.79 Å². The van der Waals surface area contributed by atoms with E-state index in [1.54, 1.807) is 25.0 Å². The van der Waals surface area contributed by atoms with E-state index in [1.165, 1.54) is 11.3 Å². The van der Waals surface area contributed by atoms with Crippen LogP contribution in [0.1, 0.15) is 9.67 Å². The lowest BCUT2D eigenvalue weighted by Crippen LogP contribution is -2.10. The molecule has 164 valence electrons. The van der Waals surface area contributed by atoms with Gasteiger partial charge in [0.15, 0.2) is 5.82 Å². The minimum Gasteiger partial charge on any atom is -0.497 e. The molecule has 8 nitrogen and oxygen atoms in total. The van der Waals surface area contributed by atoms with Crippen molar-refractivity contribution in [3.63, 3.8) is 0 Å². The Hall–Kier alpha value is -3.69. The number of hydrogen-bond donors (Lipinski definition) is 1. The number of ether oxygens (including phenoxy) is 3. The molecule has 4 aromatic rings. The Balaban J connectivity index is 1.61. The van der Waals surface area contributed by atoms with Gasteiger partial charge < -0.3 is 19.5 Å². The highest BCUT2D eigenvalue weighted by atomic mass is 32.1. The van der Waals surface area contributed by atoms with Crippen LogP contribution in [0.5, 0.6) is 11.8 Å². The van der Waals surface area contributed by atoms with Crippen LogP contribution in [0.2, 0.25) is 0 Å². The maximum Gasteiger partial charge on any atom is 0.336 e. The van der Waals surface area contributed by atoms with Crippen LogP contribution >= 0.6 is 11.3 Å². The predicted molar refractivity (Wildman–Crippen MR) is 123 cm³/mol. The highest BCUT2D eigenvalue weighted by Gasteiger charge is 2.15. The number of benzene rings is 2. The van der Waals surface area contributed by atoms with Gasteiger partial charge in [-0.1, -0.05) is 6.07 Å². The molecule has 4 rings (SSSR count). The van der Waals surface area contributed by atoms with Gasteiger partial charge >= 0.3 is 6.01 Å². The molecule has 2 aromatic carbocycles. The van der Waals surface area contributed by atoms with E-state index in [1.807, 2.05) is 60.0 Å². The molecule has 0 saturated carbocycles. The quantitative estimate of drug-likeness (QED) is 0.383. The number of nitrogens with one attached hydrogen (secondary N) is 1. The molecule has 1 amide bonds. The summed E-state index contributed by atoms with van der Waals surface area (Å²) >= 11 is 1.40. The first kappa shape index (κ1) is 21.5. The molecule has 0 atom stereocenters. The first-order valence-electron chi connectivity index (χ1n) is 9.86. The van der Waals surface area contributed by atoms with Gasteiger partial charge in [0.1, 0.15) is 12.4 Å². The van der Waals surface area contributed by atoms with Gasteiger partial charge in [0.05, 0.1) is 24.3 Å². The van der Waals surface area contributed by atoms with E-state index in [4.69, 9.17) is 14.2 Å². The molecular formula is C23H22N4O4S. The summed E-state index contributed by atoms with van der Waals surface area (Å²) in [7, 11) is 3.23. The van der Waals surface area contributed by atoms with Crippen LogP contribution in [-0.2, 0) is 4.74 Å². The van der Waals surface area contributed by atoms with Crippen LogP contribution in [0.4, 0.5) is 5.69 Å². The smallest absolute Gasteiger partial charge is 0.336 e. The number of methoxy groups -OCH3 is 2. The van der Waals surface area contributed by atoms with Crippen molar-refractivity contribution in [3.05, 3.63) is 70.9 Å². The van der Waals surface area contributed by atoms with Crippen LogP contribution in [0, 0.1) is 0 Å². The third kappa shape index (κ3) is 4.96. The molecule has 0 spiro atoms. The Kier molecular flexibility index (Phi) is 6.78. The summed E-state index contributed by atoms with van der Waals surface area (Å²) in [6.07, 6.45) is 0. The Morgan fingerprint density at radius 2 is 1.81 bits per heavy atom. The van der Waals surface area contributed by atoms with Gasteiger partial charge in [-0.25, -0.2) is 4.68 Å². The molecule has 0 saturated heterocycles. The second-order valence-electron chi connectivity index (χ2n) is 6.68. The molecule has 0 aliphatic carbocycles. The van der Waals surface area contributed by atoms with Crippen molar-refractivity contribution >= 4 is 22.9 Å². The van der Waals surface area contributed by atoms with Crippen LogP contribution in [0.15, 0.2) is 66.0 Å². The maximum absolute atomic E-state index is 12.3. The summed E-state index contributed by atoms with van der Waals surface area (Å²) in [5, 5.41) is 9.28. The van der Waals surface area contributed by atoms with E-state index in [0.717, 1.165) is 17.0 Å². The van der Waals surface area contributed by atoms with Crippen LogP contribution in [0.25, 0.3) is 17.1 Å². The average Bonchev–Trinajstić information content (AvgIpc) is 3.51. The Bertz CT molecular complexity index is 1160. The van der Waals surface area contributed by atoms with Gasteiger partial charge in [-0.15, -0.1) is 16.4 Å². The normalized spacial score (nSPS) is 10.7. The molecule has 0 fully saturated rings. The minimum absolute atomic E-state index is 0.138. The van der Waals surface area contributed by atoms with Crippen molar-refractivity contribution in [1.82, 2.24) is 14.8 Å². The first-order valence-corrected chi connectivity index (χ1v) is 10.7. The van der Waals surface area contributed by atoms with Crippen molar-refractivity contribution in [2.75, 3.05) is 32.8 Å². The molecule has 0 bridgehead atoms. The molecule has 0 radical (unpaired) electrons. The fourth-order valence-electron chi connectivity index (χ4n) is 2.96. The second kappa shape index (κ2) is 10.1. The lowest BCUT2D eigenvalue weighted by Gasteiger charge is -2.08. The molecule has 1 N–H and O–H groups in total. The molecule has 0 unspecified atom stereocenters. The number of aromatic nitrogens is 3. The number of hydrogen-bond acceptors (Lipinski definition) is 7. The van der Waals surface area contributed by atoms with Gasteiger partial charge in [0, 0.05) is 18.4 Å². The highest BCUT2D eigenvalue weighted by Crippen LogP contribution is 2.26. The molecule has 2 heterocycles. The monoisotopic (exact) mass is 450 g/mol. The number of nitrogens with zero attached hydrogens (tertiary/aromatic N) is 3. The van der Waals surface area contributed by atoms with Crippen molar-refractivity contribution < 1.29 is 19.0 Å². The lowest BCUT2D eigenvalue weighted by molar-refractivity contribution is 0.103. The van der Waals surface area contributed by atoms with Crippen molar-refractivity contribution in [2.45, 2.75) is 0 Å². The third-order valence-electron chi connectivity index (χ3n) is 4.57. The van der Waals surface area contributed by atoms with Crippen molar-refractivity contribution in [3.8, 4) is 28.8 Å². The van der Waals surface area contributed by atoms with Crippen molar-refractivity contribution in [1.29, 1.82) is 0 Å². The van der Waals surface area contributed by atoms with Crippen LogP contribution in [-0.4, -0.2) is 48.1 Å². The van der Waals surface area contributed by atoms with E-state index in [-0.39, 0.29) is 11.9 Å². The fraction of sp³-hybridized carbons (Fsp3) is 0.174. The average molecular weight is 451 g/mol. The summed E-state index contributed by atoms with van der Waals surface area (Å²) in [5.41, 5.74) is 2.32. The molecule has 32 heavy (non-hydrogen) atoms. The largest absolute Gasteiger partial charge is 0.497 e. The number of carbonyl (C=O) groups excluding carboxylic acids is 1. The molecule has 0 aliphatic rings. The molecule has 0 aliphatic heterocycles. The zero-order valence-corrected chi connectivity index (χ0v) is 18.5. The Labute approximate surface area is 189 Å².